The van der Waals surface area contributed by atoms with Crippen molar-refractivity contribution in [2.45, 2.75) is 43.1 Å². The Hall–Kier alpha value is -5.70. The Kier molecular flexibility index (Phi) is 6.89. The number of carbonyl (C=O) groups excluding carboxylic acids is 5. The Labute approximate surface area is 258 Å². The van der Waals surface area contributed by atoms with Gasteiger partial charge >= 0.3 is 23.6 Å². The molecule has 46 heavy (non-hydrogen) atoms. The smallest absolute Gasteiger partial charge is 0.372 e. The number of anilines is 1. The molecule has 2 saturated heterocycles. The number of cyclic esters (lactones) is 1. The number of hydrogen-bond donors (Lipinski definition) is 5. The molecule has 3 aliphatic heterocycles. The number of ketones is 1. The van der Waals surface area contributed by atoms with Crippen LogP contribution >= 0.6 is 11.5 Å². The number of oxime groups is 1. The van der Waals surface area contributed by atoms with E-state index in [0.29, 0.717) is 16.4 Å². The van der Waals surface area contributed by atoms with Crippen LogP contribution in [0.25, 0.3) is 0 Å². The van der Waals surface area contributed by atoms with Gasteiger partial charge in [-0.3, -0.25) is 28.9 Å². The van der Waals surface area contributed by atoms with Crippen LogP contribution in [-0.2, 0) is 38.4 Å². The van der Waals surface area contributed by atoms with Crippen LogP contribution in [0.1, 0.15) is 52.2 Å². The van der Waals surface area contributed by atoms with Crippen molar-refractivity contribution in [3.8, 4) is 11.5 Å². The van der Waals surface area contributed by atoms with Crippen LogP contribution in [0.3, 0.4) is 0 Å². The highest BCUT2D eigenvalue weighted by atomic mass is 32.1. The molecule has 6 N–H and O–H groups in total. The van der Waals surface area contributed by atoms with E-state index >= 15 is 0 Å². The minimum Gasteiger partial charge on any atom is -0.504 e. The van der Waals surface area contributed by atoms with Gasteiger partial charge in [-0.15, -0.1) is 0 Å². The van der Waals surface area contributed by atoms with Crippen molar-refractivity contribution in [1.82, 2.24) is 19.3 Å². The van der Waals surface area contributed by atoms with E-state index in [1.165, 1.54) is 0 Å². The Bertz CT molecular complexity index is 1760. The molecule has 6 rings (SSSR count). The number of rotatable bonds is 10. The summed E-state index contributed by atoms with van der Waals surface area (Å²) in [4.78, 5) is 104. The Morgan fingerprint density at radius 3 is 2.22 bits per heavy atom. The van der Waals surface area contributed by atoms with Crippen molar-refractivity contribution in [2.75, 3.05) is 12.3 Å². The third-order valence-electron chi connectivity index (χ3n) is 7.71. The third-order valence-corrected chi connectivity index (χ3v) is 8.25. The summed E-state index contributed by atoms with van der Waals surface area (Å²) in [5.41, 5.74) is -0.230. The number of Topliss-reactive ketones (excluding diaryl/α,β-unsaturated/α-hetero) is 1. The number of imide groups is 1. The molecular formula is C25H20N6O14S. The van der Waals surface area contributed by atoms with Crippen LogP contribution in [0.2, 0.25) is 0 Å². The number of carbonyl (C=O) groups is 7. The number of carboxylic acid groups (broad SMARTS) is 2. The van der Waals surface area contributed by atoms with E-state index < -0.39 is 101 Å². The Morgan fingerprint density at radius 1 is 1.07 bits per heavy atom. The lowest BCUT2D eigenvalue weighted by atomic mass is 9.98. The number of benzene rings is 1. The molecule has 4 aliphatic rings. The Balaban J connectivity index is 1.22. The molecule has 0 radical (unpaired) electrons. The molecule has 1 aliphatic carbocycles. The zero-order valence-electron chi connectivity index (χ0n) is 22.9. The fraction of sp³-hybridized carbons (Fsp3) is 0.360. The number of fused-ring (bicyclic) bond motifs is 1. The second kappa shape index (κ2) is 10.4. The van der Waals surface area contributed by atoms with E-state index in [0.717, 1.165) is 12.1 Å². The van der Waals surface area contributed by atoms with Gasteiger partial charge in [0.15, 0.2) is 28.1 Å². The molecule has 3 fully saturated rings. The summed E-state index contributed by atoms with van der Waals surface area (Å²) in [6.45, 7) is -0.590. The molecule has 240 valence electrons. The topological polar surface area (TPSA) is 299 Å². The van der Waals surface area contributed by atoms with Crippen LogP contribution in [0.15, 0.2) is 17.3 Å². The van der Waals surface area contributed by atoms with Gasteiger partial charge in [0.25, 0.3) is 17.7 Å². The summed E-state index contributed by atoms with van der Waals surface area (Å²) < 4.78 is 8.97. The monoisotopic (exact) mass is 660 g/mol. The molecule has 0 bridgehead atoms. The number of hydrogen-bond acceptors (Lipinski definition) is 17. The zero-order valence-corrected chi connectivity index (χ0v) is 23.8. The van der Waals surface area contributed by atoms with Crippen molar-refractivity contribution in [2.24, 2.45) is 11.1 Å². The van der Waals surface area contributed by atoms with Gasteiger partial charge in [-0.25, -0.2) is 14.4 Å². The molecule has 3 atom stereocenters. The van der Waals surface area contributed by atoms with Gasteiger partial charge in [0.05, 0.1) is 30.1 Å². The molecule has 21 heteroatoms. The number of phenolic OH excluding ortho intramolecular Hbond substituents is 2. The van der Waals surface area contributed by atoms with Gasteiger partial charge in [0.2, 0.25) is 11.4 Å². The number of nitrogens with two attached hydrogens (primary N) is 1. The maximum atomic E-state index is 13.4. The number of esters is 1. The average molecular weight is 661 g/mol. The van der Waals surface area contributed by atoms with Gasteiger partial charge in [-0.2, -0.15) is 14.4 Å². The predicted molar refractivity (Wildman–Crippen MR) is 143 cm³/mol. The van der Waals surface area contributed by atoms with E-state index in [-0.39, 0.29) is 40.0 Å². The number of carboxylic acids is 2. The Morgan fingerprint density at radius 2 is 1.70 bits per heavy atom. The largest absolute Gasteiger partial charge is 0.504 e. The molecule has 20 nitrogen and oxygen atoms in total. The number of phenols is 2. The molecule has 1 unspecified atom stereocenters. The lowest BCUT2D eigenvalue weighted by molar-refractivity contribution is -0.256. The number of aromatic hydroxyl groups is 2. The summed E-state index contributed by atoms with van der Waals surface area (Å²) in [7, 11) is 0. The first-order valence-corrected chi connectivity index (χ1v) is 14.0. The molecule has 3 amide bonds. The summed E-state index contributed by atoms with van der Waals surface area (Å²) in [6.07, 6.45) is -1.44. The number of ether oxygens (including phenoxy) is 1. The van der Waals surface area contributed by atoms with Crippen LogP contribution in [0, 0.1) is 5.92 Å². The van der Waals surface area contributed by atoms with Crippen molar-refractivity contribution in [1.29, 1.82) is 0 Å². The summed E-state index contributed by atoms with van der Waals surface area (Å²) in [5, 5.41) is 42.8. The number of hydroxylamine groups is 2. The van der Waals surface area contributed by atoms with E-state index in [1.54, 1.807) is 0 Å². The fourth-order valence-corrected chi connectivity index (χ4v) is 5.51. The highest BCUT2D eigenvalue weighted by Crippen LogP contribution is 2.42. The molecule has 0 spiro atoms. The van der Waals surface area contributed by atoms with E-state index in [4.69, 9.17) is 20.1 Å². The molecule has 1 aromatic carbocycles. The second-order valence-corrected chi connectivity index (χ2v) is 11.4. The molecule has 4 heterocycles. The van der Waals surface area contributed by atoms with Crippen LogP contribution < -0.4 is 5.73 Å². The average Bonchev–Trinajstić information content (AvgIpc) is 3.21. The van der Waals surface area contributed by atoms with E-state index in [9.17, 15) is 54.0 Å². The normalized spacial score (nSPS) is 25.1. The molecule has 1 saturated carbocycles. The highest BCUT2D eigenvalue weighted by Gasteiger charge is 2.65. The quantitative estimate of drug-likeness (QED) is 0.0644. The second-order valence-electron chi connectivity index (χ2n) is 10.6. The summed E-state index contributed by atoms with van der Waals surface area (Å²) in [5.74, 6) is -12.0. The van der Waals surface area contributed by atoms with Crippen molar-refractivity contribution in [3.63, 3.8) is 0 Å². The number of nitrogens with zero attached hydrogens (tertiary/aromatic N) is 5. The van der Waals surface area contributed by atoms with Gasteiger partial charge in [-0.1, -0.05) is 5.16 Å². The number of nitrogen functional groups attached to an aromatic ring is 1. The summed E-state index contributed by atoms with van der Waals surface area (Å²) in [6, 6.07) is -0.269. The SMILES string of the molecule is Nc1nc(/C(=N/OC2(C(=O)O)CC2)C(=O)C[C@H]2CON(C3(C(=O)O)C[C@H](N4C(=O)c5cc(O)c(O)cc5C4=O)C(=O)O3)C2=O)ns1. The molecular weight excluding hydrogens is 640 g/mol. The van der Waals surface area contributed by atoms with Crippen LogP contribution in [0.4, 0.5) is 5.13 Å². The van der Waals surface area contributed by atoms with E-state index in [1.807, 2.05) is 0 Å². The lowest BCUT2D eigenvalue weighted by Gasteiger charge is -2.31. The number of amides is 3. The lowest BCUT2D eigenvalue weighted by Crippen LogP contribution is -2.56. The molecule has 2 aromatic rings. The molecule has 1 aromatic heterocycles. The van der Waals surface area contributed by atoms with Gasteiger partial charge in [0.1, 0.15) is 6.04 Å². The fourth-order valence-electron chi connectivity index (χ4n) is 5.08. The standard InChI is InChI=1S/C25H20N6O14S/c26-23-27-16(29-46-23)15(28-45-24(1-2-24)21(39)40)14(34)3-8-7-43-31(17(8)35)25(22(41)42)6-11(20(38)44-25)30-18(36)9-4-12(32)13(33)5-10(9)19(30)37/h4-5,8,11,32-33H,1-3,6-7H2,(H,39,40)(H,41,42)(H2,26,27,29)/b28-15+/t8-,11-,25?/m0/s1. The van der Waals surface area contributed by atoms with Crippen LogP contribution in [0.5, 0.6) is 11.5 Å². The van der Waals surface area contributed by atoms with E-state index in [2.05, 4.69) is 14.5 Å². The first kappa shape index (κ1) is 30.3. The minimum atomic E-state index is -2.87. The van der Waals surface area contributed by atoms with Crippen molar-refractivity contribution in [3.05, 3.63) is 29.1 Å². The number of aliphatic carboxylic acids is 2. The summed E-state index contributed by atoms with van der Waals surface area (Å²) >= 11 is 0.698. The first-order chi connectivity index (χ1) is 21.7. The van der Waals surface area contributed by atoms with Crippen molar-refractivity contribution >= 4 is 63.8 Å². The van der Waals surface area contributed by atoms with Gasteiger partial charge < -0.3 is 35.7 Å². The minimum absolute atomic E-state index is 0.0611. The third kappa shape index (κ3) is 4.63. The zero-order chi connectivity index (χ0) is 33.3. The first-order valence-electron chi connectivity index (χ1n) is 13.2. The highest BCUT2D eigenvalue weighted by molar-refractivity contribution is 7.09. The van der Waals surface area contributed by atoms with Gasteiger partial charge in [-0.05, 0) is 12.1 Å². The van der Waals surface area contributed by atoms with Crippen molar-refractivity contribution < 1.29 is 68.4 Å². The number of aromatic nitrogens is 2. The van der Waals surface area contributed by atoms with Gasteiger partial charge in [0, 0.05) is 30.8 Å². The maximum absolute atomic E-state index is 13.4. The maximum Gasteiger partial charge on any atom is 0.372 e. The van der Waals surface area contributed by atoms with Crippen LogP contribution in [-0.4, -0.2) is 111 Å². The predicted octanol–water partition coefficient (Wildman–Crippen LogP) is -1.39.